The Morgan fingerprint density at radius 2 is 1.93 bits per heavy atom. The second kappa shape index (κ2) is 8.90. The lowest BCUT2D eigenvalue weighted by Crippen LogP contribution is -2.27. The highest BCUT2D eigenvalue weighted by Gasteiger charge is 2.21. The molecule has 144 valence electrons. The van der Waals surface area contributed by atoms with E-state index in [2.05, 4.69) is 22.2 Å². The van der Waals surface area contributed by atoms with Gasteiger partial charge in [0.15, 0.2) is 6.73 Å². The van der Waals surface area contributed by atoms with Crippen LogP contribution in [0.5, 0.6) is 17.2 Å². The third-order valence-electron chi connectivity index (χ3n) is 3.23. The first-order chi connectivity index (χ1) is 12.9. The maximum Gasteiger partial charge on any atom is 0.342 e. The number of nitrogens with zero attached hydrogens (tertiary/aromatic N) is 2. The van der Waals surface area contributed by atoms with Gasteiger partial charge in [-0.1, -0.05) is 12.1 Å². The van der Waals surface area contributed by atoms with Crippen LogP contribution in [0.25, 0.3) is 0 Å². The Bertz CT molecular complexity index is 944. The molecule has 2 aromatic rings. The van der Waals surface area contributed by atoms with Gasteiger partial charge in [-0.2, -0.15) is 13.5 Å². The molecule has 0 amide bonds. The van der Waals surface area contributed by atoms with Crippen molar-refractivity contribution >= 4 is 22.8 Å². The fourth-order valence-electron chi connectivity index (χ4n) is 2.14. The van der Waals surface area contributed by atoms with Gasteiger partial charge in [-0.25, -0.2) is 10.4 Å². The van der Waals surface area contributed by atoms with Crippen LogP contribution in [0.4, 0.5) is 0 Å². The number of nitrogens with one attached hydrogen (secondary N) is 1. The van der Waals surface area contributed by atoms with Crippen molar-refractivity contribution in [3.8, 4) is 17.2 Å². The summed E-state index contributed by atoms with van der Waals surface area (Å²) in [5.41, 5.74) is 8.59. The minimum absolute atomic E-state index is 0.0351. The summed E-state index contributed by atoms with van der Waals surface area (Å²) >= 11 is 0. The van der Waals surface area contributed by atoms with Gasteiger partial charge in [0, 0.05) is 12.8 Å². The molecule has 0 saturated carbocycles. The normalized spacial score (nSPS) is 11.6. The number of nitrogens with two attached hydrogens (primary N) is 1. The molecule has 9 nitrogen and oxygen atoms in total. The first-order valence-corrected chi connectivity index (χ1v) is 9.10. The highest BCUT2D eigenvalue weighted by Crippen LogP contribution is 2.29. The summed E-state index contributed by atoms with van der Waals surface area (Å²) in [6, 6.07) is 10.9. The van der Waals surface area contributed by atoms with Crippen molar-refractivity contribution in [2.24, 2.45) is 15.8 Å². The van der Waals surface area contributed by atoms with Gasteiger partial charge in [0.2, 0.25) is 5.96 Å². The molecular formula is C17H20N4O5S. The molecule has 0 aliphatic heterocycles. The van der Waals surface area contributed by atoms with Crippen LogP contribution in [-0.2, 0) is 10.1 Å². The summed E-state index contributed by atoms with van der Waals surface area (Å²) in [7, 11) is -2.70. The van der Waals surface area contributed by atoms with Crippen LogP contribution in [0.2, 0.25) is 0 Å². The second-order valence-electron chi connectivity index (χ2n) is 5.26. The third kappa shape index (κ3) is 5.61. The van der Waals surface area contributed by atoms with Crippen LogP contribution in [0.1, 0.15) is 5.56 Å². The minimum Gasteiger partial charge on any atom is -0.495 e. The number of hydrogen-bond donors (Lipinski definition) is 2. The summed E-state index contributed by atoms with van der Waals surface area (Å²) < 4.78 is 40.9. The second-order valence-corrected chi connectivity index (χ2v) is 6.77. The van der Waals surface area contributed by atoms with Crippen molar-refractivity contribution in [1.82, 2.24) is 5.43 Å². The van der Waals surface area contributed by atoms with E-state index in [0.717, 1.165) is 5.56 Å². The Hall–Kier alpha value is -3.27. The predicted molar refractivity (Wildman–Crippen MR) is 102 cm³/mol. The predicted octanol–water partition coefficient (Wildman–Crippen LogP) is 1.63. The Balaban J connectivity index is 2.20. The van der Waals surface area contributed by atoms with E-state index in [9.17, 15) is 8.42 Å². The van der Waals surface area contributed by atoms with Gasteiger partial charge < -0.3 is 19.4 Å². The SMILES string of the molecule is C=NNC(N)=NCOc1cc(C)cc(OS(=O)(=O)c2ccccc2OC)c1. The fourth-order valence-corrected chi connectivity index (χ4v) is 3.22. The van der Waals surface area contributed by atoms with Gasteiger partial charge in [0.1, 0.15) is 22.1 Å². The smallest absolute Gasteiger partial charge is 0.342 e. The molecule has 0 fully saturated rings. The quantitative estimate of drug-likeness (QED) is 0.303. The largest absolute Gasteiger partial charge is 0.495 e. The van der Waals surface area contributed by atoms with Crippen molar-refractivity contribution in [2.45, 2.75) is 11.8 Å². The summed E-state index contributed by atoms with van der Waals surface area (Å²) in [5.74, 6) is 0.685. The van der Waals surface area contributed by atoms with Crippen molar-refractivity contribution in [2.75, 3.05) is 13.8 Å². The number of hydrazone groups is 1. The molecule has 2 aromatic carbocycles. The zero-order valence-corrected chi connectivity index (χ0v) is 15.7. The Labute approximate surface area is 157 Å². The molecule has 0 saturated heterocycles. The number of ether oxygens (including phenoxy) is 2. The number of aryl methyl sites for hydroxylation is 1. The van der Waals surface area contributed by atoms with Crippen LogP contribution < -0.4 is 24.8 Å². The van der Waals surface area contributed by atoms with Crippen molar-refractivity contribution in [3.05, 3.63) is 48.0 Å². The van der Waals surface area contributed by atoms with Gasteiger partial charge in [-0.3, -0.25) is 0 Å². The molecule has 2 rings (SSSR count). The number of hydrogen-bond acceptors (Lipinski definition) is 7. The summed E-state index contributed by atoms with van der Waals surface area (Å²) in [6.07, 6.45) is 0. The lowest BCUT2D eigenvalue weighted by Gasteiger charge is -2.12. The average Bonchev–Trinajstić information content (AvgIpc) is 2.61. The van der Waals surface area contributed by atoms with E-state index >= 15 is 0 Å². The van der Waals surface area contributed by atoms with Crippen LogP contribution >= 0.6 is 0 Å². The number of para-hydroxylation sites is 1. The van der Waals surface area contributed by atoms with E-state index in [0.29, 0.717) is 5.75 Å². The third-order valence-corrected chi connectivity index (χ3v) is 4.52. The Morgan fingerprint density at radius 3 is 2.63 bits per heavy atom. The lowest BCUT2D eigenvalue weighted by molar-refractivity contribution is 0.329. The zero-order valence-electron chi connectivity index (χ0n) is 14.9. The number of aliphatic imine (C=N–C) groups is 1. The fraction of sp³-hybridized carbons (Fsp3) is 0.176. The number of methoxy groups -OCH3 is 1. The topological polar surface area (TPSA) is 125 Å². The van der Waals surface area contributed by atoms with Crippen LogP contribution in [0.15, 0.2) is 57.5 Å². The minimum atomic E-state index is -4.09. The van der Waals surface area contributed by atoms with Crippen LogP contribution in [0.3, 0.4) is 0 Å². The van der Waals surface area contributed by atoms with E-state index in [1.807, 2.05) is 0 Å². The Morgan fingerprint density at radius 1 is 1.22 bits per heavy atom. The Kier molecular flexibility index (Phi) is 6.61. The summed E-state index contributed by atoms with van der Waals surface area (Å²) in [5, 5.41) is 3.36. The summed E-state index contributed by atoms with van der Waals surface area (Å²) in [4.78, 5) is 3.79. The molecule has 0 radical (unpaired) electrons. The van der Waals surface area contributed by atoms with E-state index in [4.69, 9.17) is 19.4 Å². The van der Waals surface area contributed by atoms with Gasteiger partial charge >= 0.3 is 10.1 Å². The molecule has 0 bridgehead atoms. The standard InChI is InChI=1S/C17H20N4O5S/c1-12-8-13(25-11-20-17(18)21-19-2)10-14(9-12)26-27(22,23)16-7-5-4-6-15(16)24-3/h4-10H,2,11H2,1,3H3,(H3,18,20,21). The summed E-state index contributed by atoms with van der Waals surface area (Å²) in [6.45, 7) is 4.89. The van der Waals surface area contributed by atoms with E-state index in [1.165, 1.54) is 25.3 Å². The first-order valence-electron chi connectivity index (χ1n) is 7.69. The molecule has 27 heavy (non-hydrogen) atoms. The van der Waals surface area contributed by atoms with Crippen LogP contribution in [0, 0.1) is 6.92 Å². The van der Waals surface area contributed by atoms with Gasteiger partial charge in [-0.15, -0.1) is 0 Å². The molecule has 0 atom stereocenters. The highest BCUT2D eigenvalue weighted by molar-refractivity contribution is 7.87. The first kappa shape index (κ1) is 20.0. The molecule has 0 unspecified atom stereocenters. The van der Waals surface area contributed by atoms with E-state index < -0.39 is 10.1 Å². The zero-order chi connectivity index (χ0) is 19.9. The molecule has 0 aliphatic carbocycles. The number of rotatable bonds is 8. The molecule has 0 aromatic heterocycles. The van der Waals surface area contributed by atoms with Gasteiger partial charge in [0.25, 0.3) is 0 Å². The maximum absolute atomic E-state index is 12.6. The number of benzene rings is 2. The van der Waals surface area contributed by atoms with Crippen molar-refractivity contribution in [1.29, 1.82) is 0 Å². The van der Waals surface area contributed by atoms with E-state index in [1.54, 1.807) is 31.2 Å². The van der Waals surface area contributed by atoms with Crippen LogP contribution in [-0.4, -0.2) is 34.9 Å². The molecule has 0 aliphatic rings. The monoisotopic (exact) mass is 392 g/mol. The molecule has 10 heteroatoms. The highest BCUT2D eigenvalue weighted by atomic mass is 32.2. The lowest BCUT2D eigenvalue weighted by atomic mass is 10.2. The maximum atomic E-state index is 12.6. The van der Waals surface area contributed by atoms with Crippen molar-refractivity contribution in [3.63, 3.8) is 0 Å². The number of guanidine groups is 1. The van der Waals surface area contributed by atoms with E-state index in [-0.39, 0.29) is 29.1 Å². The van der Waals surface area contributed by atoms with Crippen molar-refractivity contribution < 1.29 is 22.1 Å². The molecule has 0 spiro atoms. The molecule has 0 heterocycles. The molecular weight excluding hydrogens is 372 g/mol. The van der Waals surface area contributed by atoms with Gasteiger partial charge in [-0.05, 0) is 36.8 Å². The average molecular weight is 392 g/mol. The molecule has 3 N–H and O–H groups in total. The van der Waals surface area contributed by atoms with Gasteiger partial charge in [0.05, 0.1) is 7.11 Å².